The van der Waals surface area contributed by atoms with Crippen molar-refractivity contribution >= 4 is 11.8 Å². The molecule has 0 saturated carbocycles. The molecule has 0 fully saturated rings. The first-order valence-corrected chi connectivity index (χ1v) is 5.08. The molecule has 82 valence electrons. The Labute approximate surface area is 109 Å². The molecule has 0 saturated heterocycles. The predicted molar refractivity (Wildman–Crippen MR) is 63.2 cm³/mol. The molecule has 2 rings (SSSR count). The van der Waals surface area contributed by atoms with E-state index in [1.807, 2.05) is 0 Å². The molecular weight excluding hydrogens is 297 g/mol. The van der Waals surface area contributed by atoms with Crippen LogP contribution in [0, 0.1) is 0 Å². The molecule has 1 heterocycles. The summed E-state index contributed by atoms with van der Waals surface area (Å²) in [4.78, 5) is 0. The van der Waals surface area contributed by atoms with Crippen LogP contribution in [0.5, 0.6) is 0 Å². The highest BCUT2D eigenvalue weighted by molar-refractivity contribution is 5.70. The number of halogens is 1. The summed E-state index contributed by atoms with van der Waals surface area (Å²) < 4.78 is 0.916. The van der Waals surface area contributed by atoms with Gasteiger partial charge in [0.2, 0.25) is 0 Å². The first-order chi connectivity index (χ1) is 6.45. The van der Waals surface area contributed by atoms with E-state index in [0.717, 1.165) is 4.48 Å². The lowest BCUT2D eigenvalue weighted by molar-refractivity contribution is -0.00000310. The number of nitrogens with zero attached hydrogens (tertiary/aromatic N) is 1. The quantitative estimate of drug-likeness (QED) is 0.469. The van der Waals surface area contributed by atoms with E-state index in [1.54, 1.807) is 0 Å². The molecule has 0 amide bonds. The van der Waals surface area contributed by atoms with Crippen molar-refractivity contribution in [3.8, 4) is 0 Å². The van der Waals surface area contributed by atoms with Crippen molar-refractivity contribution in [1.29, 1.82) is 0 Å². The summed E-state index contributed by atoms with van der Waals surface area (Å²) in [5.74, 6) is 0. The van der Waals surface area contributed by atoms with Crippen LogP contribution in [0.25, 0.3) is 6.08 Å². The number of fused-ring (bicyclic) bond motifs is 1. The number of hydrogen-bond acceptors (Lipinski definition) is 0. The maximum Gasteiger partial charge on any atom is 0.140 e. The third-order valence-corrected chi connectivity index (χ3v) is 3.65. The van der Waals surface area contributed by atoms with E-state index in [-0.39, 0.29) is 29.5 Å². The van der Waals surface area contributed by atoms with Gasteiger partial charge in [-0.05, 0) is 38.1 Å². The van der Waals surface area contributed by atoms with Crippen molar-refractivity contribution in [3.63, 3.8) is 0 Å². The molecule has 1 aromatic rings. The van der Waals surface area contributed by atoms with E-state index in [9.17, 15) is 0 Å². The van der Waals surface area contributed by atoms with Gasteiger partial charge in [0, 0.05) is 5.56 Å². The fourth-order valence-electron chi connectivity index (χ4n) is 1.93. The van der Waals surface area contributed by atoms with Crippen LogP contribution in [0.1, 0.15) is 19.4 Å². The predicted octanol–water partition coefficient (Wildman–Crippen LogP) is 0.0629. The first-order valence-electron chi connectivity index (χ1n) is 5.08. The van der Waals surface area contributed by atoms with E-state index in [0.29, 0.717) is 0 Å². The first kappa shape index (κ1) is 12.7. The monoisotopic (exact) mass is 315 g/mol. The average Bonchev–Trinajstić information content (AvgIpc) is 2.13. The van der Waals surface area contributed by atoms with Crippen molar-refractivity contribution in [3.05, 3.63) is 35.9 Å². The molecular formula is C13H18IN. The Morgan fingerprint density at radius 2 is 1.67 bits per heavy atom. The second-order valence-electron chi connectivity index (χ2n) is 5.00. The summed E-state index contributed by atoms with van der Waals surface area (Å²) in [5, 5.41) is 0. The number of benzene rings is 1. The van der Waals surface area contributed by atoms with Gasteiger partial charge in [-0.2, -0.15) is 0 Å². The Morgan fingerprint density at radius 1 is 1.07 bits per heavy atom. The van der Waals surface area contributed by atoms with Gasteiger partial charge in [-0.1, -0.05) is 12.1 Å². The maximum absolute atomic E-state index is 2.30. The van der Waals surface area contributed by atoms with Gasteiger partial charge in [-0.3, -0.25) is 4.48 Å². The highest BCUT2D eigenvalue weighted by Crippen LogP contribution is 2.37. The lowest BCUT2D eigenvalue weighted by Crippen LogP contribution is -3.00. The van der Waals surface area contributed by atoms with Gasteiger partial charge in [0.05, 0.1) is 14.1 Å². The van der Waals surface area contributed by atoms with E-state index in [4.69, 9.17) is 0 Å². The molecule has 0 spiro atoms. The topological polar surface area (TPSA) is 0 Å². The fourth-order valence-corrected chi connectivity index (χ4v) is 1.93. The van der Waals surface area contributed by atoms with Crippen LogP contribution in [0.3, 0.4) is 0 Å². The number of hydrogen-bond donors (Lipinski definition) is 0. The molecule has 0 atom stereocenters. The normalized spacial score (nSPS) is 20.3. The van der Waals surface area contributed by atoms with Crippen molar-refractivity contribution < 1.29 is 24.0 Å². The van der Waals surface area contributed by atoms with Crippen molar-refractivity contribution in [1.82, 2.24) is 4.48 Å². The van der Waals surface area contributed by atoms with Gasteiger partial charge < -0.3 is 24.0 Å². The summed E-state index contributed by atoms with van der Waals surface area (Å²) in [6.07, 6.45) is 4.54. The van der Waals surface area contributed by atoms with Gasteiger partial charge in [0.25, 0.3) is 0 Å². The van der Waals surface area contributed by atoms with Gasteiger partial charge >= 0.3 is 0 Å². The third-order valence-electron chi connectivity index (χ3n) is 3.65. The molecule has 0 radical (unpaired) electrons. The third kappa shape index (κ3) is 1.85. The lowest BCUT2D eigenvalue weighted by atomic mass is 9.91. The van der Waals surface area contributed by atoms with Crippen LogP contribution in [0.4, 0.5) is 5.69 Å². The second-order valence-corrected chi connectivity index (χ2v) is 5.00. The van der Waals surface area contributed by atoms with Gasteiger partial charge in [-0.15, -0.1) is 0 Å². The molecule has 1 aliphatic heterocycles. The molecule has 1 nitrogen and oxygen atoms in total. The summed E-state index contributed by atoms with van der Waals surface area (Å²) in [7, 11) is 4.53. The van der Waals surface area contributed by atoms with E-state index >= 15 is 0 Å². The summed E-state index contributed by atoms with van der Waals surface area (Å²) in [6, 6.07) is 8.62. The zero-order valence-electron chi connectivity index (χ0n) is 9.79. The maximum atomic E-state index is 2.30. The van der Waals surface area contributed by atoms with Crippen molar-refractivity contribution in [2.45, 2.75) is 19.4 Å². The lowest BCUT2D eigenvalue weighted by Gasteiger charge is -2.45. The Morgan fingerprint density at radius 3 is 2.33 bits per heavy atom. The highest BCUT2D eigenvalue weighted by Gasteiger charge is 2.39. The fraction of sp³-hybridized carbons (Fsp3) is 0.385. The van der Waals surface area contributed by atoms with Crippen LogP contribution in [0.2, 0.25) is 0 Å². The average molecular weight is 315 g/mol. The zero-order valence-corrected chi connectivity index (χ0v) is 11.9. The molecule has 0 unspecified atom stereocenters. The molecule has 2 heteroatoms. The summed E-state index contributed by atoms with van der Waals surface area (Å²) in [5.41, 5.74) is 2.92. The Hall–Kier alpha value is -0.350. The number of rotatable bonds is 0. The minimum absolute atomic E-state index is 0. The van der Waals surface area contributed by atoms with Crippen molar-refractivity contribution in [2.24, 2.45) is 0 Å². The van der Waals surface area contributed by atoms with Crippen LogP contribution in [-0.4, -0.2) is 19.6 Å². The number of quaternary nitrogens is 1. The molecule has 1 aliphatic rings. The van der Waals surface area contributed by atoms with E-state index in [2.05, 4.69) is 64.4 Å². The van der Waals surface area contributed by atoms with E-state index < -0.39 is 0 Å². The molecule has 0 N–H and O–H groups in total. The van der Waals surface area contributed by atoms with E-state index in [1.165, 1.54) is 11.3 Å². The second kappa shape index (κ2) is 3.91. The van der Waals surface area contributed by atoms with Crippen LogP contribution in [0.15, 0.2) is 30.3 Å². The van der Waals surface area contributed by atoms with Gasteiger partial charge in [0.1, 0.15) is 11.2 Å². The minimum atomic E-state index is 0. The van der Waals surface area contributed by atoms with Gasteiger partial charge in [-0.25, -0.2) is 0 Å². The molecule has 0 bridgehead atoms. The SMILES string of the molecule is CC1(C)C=Cc2ccccc2[N+]1(C)C.[I-]. The Kier molecular flexibility index (Phi) is 3.31. The smallest absolute Gasteiger partial charge is 0.140 e. The van der Waals surface area contributed by atoms with Gasteiger partial charge in [0.15, 0.2) is 0 Å². The summed E-state index contributed by atoms with van der Waals surface area (Å²) in [6.45, 7) is 4.55. The van der Waals surface area contributed by atoms with Crippen molar-refractivity contribution in [2.75, 3.05) is 14.1 Å². The minimum Gasteiger partial charge on any atom is -1.00 e. The zero-order chi connectivity index (χ0) is 10.4. The number of para-hydroxylation sites is 1. The van der Waals surface area contributed by atoms with Crippen LogP contribution >= 0.6 is 0 Å². The molecule has 0 aromatic heterocycles. The molecule has 15 heavy (non-hydrogen) atoms. The molecule has 1 aromatic carbocycles. The Bertz CT molecular complexity index is 391. The van der Waals surface area contributed by atoms with Crippen LogP contribution < -0.4 is 28.5 Å². The Balaban J connectivity index is 0.00000112. The molecule has 0 aliphatic carbocycles. The largest absolute Gasteiger partial charge is 1.00 e. The highest BCUT2D eigenvalue weighted by atomic mass is 127. The summed E-state index contributed by atoms with van der Waals surface area (Å²) >= 11 is 0. The van der Waals surface area contributed by atoms with Crippen LogP contribution in [-0.2, 0) is 0 Å². The number of likely N-dealkylation sites (N-methyl/N-ethyl adjacent to an activating group) is 1. The standard InChI is InChI=1S/C13H18N.HI/c1-13(2)10-9-11-7-5-6-8-12(11)14(13,3)4;/h5-10H,1-4H3;1H/q+1;/p-1.